The van der Waals surface area contributed by atoms with Gasteiger partial charge in [-0.3, -0.25) is 9.82 Å². The van der Waals surface area contributed by atoms with Gasteiger partial charge in [-0.05, 0) is 43.0 Å². The molecule has 0 fully saturated rings. The quantitative estimate of drug-likeness (QED) is 0.737. The number of aromatic amines is 1. The van der Waals surface area contributed by atoms with Gasteiger partial charge in [0.15, 0.2) is 5.82 Å². The number of nitrogens with two attached hydrogens (primary N) is 1. The summed E-state index contributed by atoms with van der Waals surface area (Å²) >= 11 is 0. The summed E-state index contributed by atoms with van der Waals surface area (Å²) < 4.78 is 27.7. The number of benzene rings is 1. The Morgan fingerprint density at radius 3 is 2.48 bits per heavy atom. The van der Waals surface area contributed by atoms with Crippen LogP contribution in [0.3, 0.4) is 0 Å². The van der Waals surface area contributed by atoms with Crippen molar-refractivity contribution in [3.8, 4) is 0 Å². The van der Waals surface area contributed by atoms with Crippen molar-refractivity contribution >= 4 is 21.5 Å². The monoisotopic (exact) mass is 308 g/mol. The first kappa shape index (κ1) is 15.4. The standard InChI is InChI=1S/C14H20N4O2S/c1-4-10-7-12(15)11(5-2)13(8-10)21(19,20)18-14-6-9(3)16-17-14/h6-8H,4-5,15H2,1-3H3,(H2,16,17,18). The number of sulfonamides is 1. The number of hydrogen-bond acceptors (Lipinski definition) is 4. The summed E-state index contributed by atoms with van der Waals surface area (Å²) in [6, 6.07) is 5.14. The Labute approximate surface area is 124 Å². The van der Waals surface area contributed by atoms with Gasteiger partial charge in [-0.1, -0.05) is 13.8 Å². The third-order valence-electron chi connectivity index (χ3n) is 3.30. The summed E-state index contributed by atoms with van der Waals surface area (Å²) in [5.74, 6) is 0.273. The van der Waals surface area contributed by atoms with Crippen LogP contribution < -0.4 is 10.5 Å². The Hall–Kier alpha value is -2.02. The van der Waals surface area contributed by atoms with E-state index in [1.54, 1.807) is 19.1 Å². The highest BCUT2D eigenvalue weighted by atomic mass is 32.2. The van der Waals surface area contributed by atoms with Gasteiger partial charge in [-0.25, -0.2) is 8.42 Å². The first-order valence-electron chi connectivity index (χ1n) is 6.83. The highest BCUT2D eigenvalue weighted by Gasteiger charge is 2.21. The molecule has 6 nitrogen and oxygen atoms in total. The predicted molar refractivity (Wildman–Crippen MR) is 83.7 cm³/mol. The molecule has 0 atom stereocenters. The molecular weight excluding hydrogens is 288 g/mol. The van der Waals surface area contributed by atoms with Crippen LogP contribution in [0.25, 0.3) is 0 Å². The zero-order valence-electron chi connectivity index (χ0n) is 12.4. The fourth-order valence-electron chi connectivity index (χ4n) is 2.21. The topological polar surface area (TPSA) is 101 Å². The molecule has 0 saturated heterocycles. The molecule has 0 aliphatic carbocycles. The zero-order chi connectivity index (χ0) is 15.6. The highest BCUT2D eigenvalue weighted by molar-refractivity contribution is 7.92. The van der Waals surface area contributed by atoms with E-state index in [1.165, 1.54) is 0 Å². The molecule has 2 aromatic rings. The first-order chi connectivity index (χ1) is 9.87. The van der Waals surface area contributed by atoms with E-state index in [4.69, 9.17) is 5.73 Å². The largest absolute Gasteiger partial charge is 0.398 e. The molecule has 0 radical (unpaired) electrons. The maximum absolute atomic E-state index is 12.6. The number of rotatable bonds is 5. The van der Waals surface area contributed by atoms with Crippen LogP contribution in [0.4, 0.5) is 11.5 Å². The molecule has 0 saturated carbocycles. The van der Waals surface area contributed by atoms with Gasteiger partial charge < -0.3 is 5.73 Å². The Balaban J connectivity index is 2.50. The Kier molecular flexibility index (Phi) is 4.22. The number of nitrogens with zero attached hydrogens (tertiary/aromatic N) is 1. The minimum Gasteiger partial charge on any atom is -0.398 e. The zero-order valence-corrected chi connectivity index (χ0v) is 13.2. The Morgan fingerprint density at radius 2 is 1.95 bits per heavy atom. The van der Waals surface area contributed by atoms with Crippen LogP contribution in [-0.4, -0.2) is 18.6 Å². The molecule has 7 heteroatoms. The van der Waals surface area contributed by atoms with Crippen molar-refractivity contribution in [2.75, 3.05) is 10.5 Å². The summed E-state index contributed by atoms with van der Waals surface area (Å²) in [7, 11) is -3.71. The molecule has 1 aromatic heterocycles. The van der Waals surface area contributed by atoms with Crippen LogP contribution >= 0.6 is 0 Å². The van der Waals surface area contributed by atoms with Crippen molar-refractivity contribution < 1.29 is 8.42 Å². The van der Waals surface area contributed by atoms with Crippen molar-refractivity contribution in [1.29, 1.82) is 0 Å². The smallest absolute Gasteiger partial charge is 0.263 e. The highest BCUT2D eigenvalue weighted by Crippen LogP contribution is 2.26. The number of H-pyrrole nitrogens is 1. The summed E-state index contributed by atoms with van der Waals surface area (Å²) in [6.07, 6.45) is 1.27. The molecule has 1 aromatic carbocycles. The molecule has 0 spiro atoms. The molecule has 114 valence electrons. The van der Waals surface area contributed by atoms with Gasteiger partial charge in [-0.15, -0.1) is 0 Å². The first-order valence-corrected chi connectivity index (χ1v) is 8.31. The van der Waals surface area contributed by atoms with Crippen LogP contribution in [0, 0.1) is 6.92 Å². The molecular formula is C14H20N4O2S. The van der Waals surface area contributed by atoms with E-state index in [9.17, 15) is 8.42 Å². The van der Waals surface area contributed by atoms with Crippen LogP contribution in [0.2, 0.25) is 0 Å². The second-order valence-electron chi connectivity index (χ2n) is 4.91. The average molecular weight is 308 g/mol. The minimum absolute atomic E-state index is 0.225. The lowest BCUT2D eigenvalue weighted by Gasteiger charge is -2.14. The number of anilines is 2. The van der Waals surface area contributed by atoms with Gasteiger partial charge >= 0.3 is 0 Å². The second-order valence-corrected chi connectivity index (χ2v) is 6.56. The van der Waals surface area contributed by atoms with Crippen LogP contribution in [0.5, 0.6) is 0 Å². The van der Waals surface area contributed by atoms with Gasteiger partial charge in [0.2, 0.25) is 0 Å². The van der Waals surface area contributed by atoms with Gasteiger partial charge in [0.05, 0.1) is 4.90 Å². The van der Waals surface area contributed by atoms with E-state index in [2.05, 4.69) is 14.9 Å². The maximum Gasteiger partial charge on any atom is 0.263 e. The second kappa shape index (κ2) is 5.77. The lowest BCUT2D eigenvalue weighted by Crippen LogP contribution is -2.16. The molecule has 21 heavy (non-hydrogen) atoms. The van der Waals surface area contributed by atoms with E-state index >= 15 is 0 Å². The van der Waals surface area contributed by atoms with Crippen LogP contribution in [0.15, 0.2) is 23.1 Å². The molecule has 0 amide bonds. The van der Waals surface area contributed by atoms with Crippen molar-refractivity contribution in [3.05, 3.63) is 35.0 Å². The number of nitrogen functional groups attached to an aromatic ring is 1. The van der Waals surface area contributed by atoms with E-state index in [0.29, 0.717) is 17.7 Å². The van der Waals surface area contributed by atoms with E-state index in [-0.39, 0.29) is 10.7 Å². The molecule has 0 aliphatic rings. The molecule has 2 rings (SSSR count). The fraction of sp³-hybridized carbons (Fsp3) is 0.357. The fourth-order valence-corrected chi connectivity index (χ4v) is 3.59. The number of hydrogen-bond donors (Lipinski definition) is 3. The summed E-state index contributed by atoms with van der Waals surface area (Å²) in [6.45, 7) is 5.65. The Bertz CT molecular complexity index is 750. The number of nitrogens with one attached hydrogen (secondary N) is 2. The van der Waals surface area contributed by atoms with E-state index in [0.717, 1.165) is 17.7 Å². The van der Waals surface area contributed by atoms with Crippen molar-refractivity contribution in [2.45, 2.75) is 38.5 Å². The van der Waals surface area contributed by atoms with Crippen molar-refractivity contribution in [2.24, 2.45) is 0 Å². The molecule has 4 N–H and O–H groups in total. The lowest BCUT2D eigenvalue weighted by molar-refractivity contribution is 0.600. The third-order valence-corrected chi connectivity index (χ3v) is 4.72. The predicted octanol–water partition coefficient (Wildman–Crippen LogP) is 2.23. The van der Waals surface area contributed by atoms with Crippen molar-refractivity contribution in [3.63, 3.8) is 0 Å². The number of aryl methyl sites for hydroxylation is 2. The lowest BCUT2D eigenvalue weighted by atomic mass is 10.1. The van der Waals surface area contributed by atoms with Gasteiger partial charge in [0, 0.05) is 17.4 Å². The van der Waals surface area contributed by atoms with Crippen LogP contribution in [0.1, 0.15) is 30.7 Å². The normalized spacial score (nSPS) is 11.6. The average Bonchev–Trinajstić information content (AvgIpc) is 2.82. The van der Waals surface area contributed by atoms with E-state index in [1.807, 2.05) is 19.9 Å². The van der Waals surface area contributed by atoms with Gasteiger partial charge in [0.1, 0.15) is 0 Å². The molecule has 0 aliphatic heterocycles. The van der Waals surface area contributed by atoms with Crippen LogP contribution in [-0.2, 0) is 22.9 Å². The SMILES string of the molecule is CCc1cc(N)c(CC)c(S(=O)(=O)Nc2cc(C)[nH]n2)c1. The Morgan fingerprint density at radius 1 is 1.24 bits per heavy atom. The van der Waals surface area contributed by atoms with Gasteiger partial charge in [-0.2, -0.15) is 5.10 Å². The summed E-state index contributed by atoms with van der Waals surface area (Å²) in [5, 5.41) is 6.60. The molecule has 0 unspecified atom stereocenters. The third kappa shape index (κ3) is 3.18. The molecule has 0 bridgehead atoms. The minimum atomic E-state index is -3.71. The summed E-state index contributed by atoms with van der Waals surface area (Å²) in [4.78, 5) is 0.225. The van der Waals surface area contributed by atoms with Crippen molar-refractivity contribution in [1.82, 2.24) is 10.2 Å². The summed E-state index contributed by atoms with van der Waals surface area (Å²) in [5.41, 5.74) is 8.80. The molecule has 1 heterocycles. The number of aromatic nitrogens is 2. The maximum atomic E-state index is 12.6. The van der Waals surface area contributed by atoms with E-state index < -0.39 is 10.0 Å². The van der Waals surface area contributed by atoms with Gasteiger partial charge in [0.25, 0.3) is 10.0 Å².